The number of aromatic carboxylic acids is 1. The van der Waals surface area contributed by atoms with Crippen molar-refractivity contribution in [2.24, 2.45) is 11.8 Å². The molecule has 0 radical (unpaired) electrons. The summed E-state index contributed by atoms with van der Waals surface area (Å²) in [6.45, 7) is 1.54. The number of piperidine rings is 1. The van der Waals surface area contributed by atoms with E-state index in [2.05, 4.69) is 10.6 Å². The van der Waals surface area contributed by atoms with E-state index in [0.717, 1.165) is 31.4 Å². The second-order valence-corrected chi connectivity index (χ2v) is 9.93. The normalized spacial score (nSPS) is 20.8. The van der Waals surface area contributed by atoms with E-state index in [4.69, 9.17) is 11.6 Å². The Kier molecular flexibility index (Phi) is 7.97. The van der Waals surface area contributed by atoms with E-state index in [1.165, 1.54) is 18.2 Å². The highest BCUT2D eigenvalue weighted by atomic mass is 35.5. The zero-order valence-electron chi connectivity index (χ0n) is 19.7. The number of carbonyl (C=O) groups is 2. The number of carbonyl (C=O) groups excluding carboxylic acids is 1. The summed E-state index contributed by atoms with van der Waals surface area (Å²) < 4.78 is 39.1. The molecule has 0 aromatic heterocycles. The molecule has 1 aliphatic heterocycles. The Labute approximate surface area is 212 Å². The fourth-order valence-corrected chi connectivity index (χ4v) is 5.31. The van der Waals surface area contributed by atoms with Gasteiger partial charge in [0, 0.05) is 42.3 Å². The van der Waals surface area contributed by atoms with Crippen LogP contribution in [0.5, 0.6) is 0 Å². The van der Waals surface area contributed by atoms with Crippen molar-refractivity contribution in [2.45, 2.75) is 44.3 Å². The fourth-order valence-electron chi connectivity index (χ4n) is 5.14. The minimum absolute atomic E-state index is 0.0149. The van der Waals surface area contributed by atoms with Crippen LogP contribution in [-0.2, 0) is 11.0 Å². The lowest BCUT2D eigenvalue weighted by Crippen LogP contribution is -2.46. The predicted molar refractivity (Wildman–Crippen MR) is 133 cm³/mol. The monoisotopic (exact) mass is 523 g/mol. The van der Waals surface area contributed by atoms with Crippen LogP contribution < -0.4 is 15.5 Å². The number of nitrogens with zero attached hydrogens (tertiary/aromatic N) is 1. The lowest BCUT2D eigenvalue weighted by molar-refractivity contribution is -0.137. The molecule has 0 spiro atoms. The summed E-state index contributed by atoms with van der Waals surface area (Å²) in [4.78, 5) is 26.4. The first kappa shape index (κ1) is 26.1. The molecule has 194 valence electrons. The Bertz CT molecular complexity index is 1100. The summed E-state index contributed by atoms with van der Waals surface area (Å²) in [6, 6.07) is 9.87. The van der Waals surface area contributed by atoms with E-state index in [0.29, 0.717) is 48.9 Å². The quantitative estimate of drug-likeness (QED) is 0.435. The van der Waals surface area contributed by atoms with Crippen LogP contribution in [0.4, 0.5) is 24.5 Å². The van der Waals surface area contributed by atoms with E-state index >= 15 is 0 Å². The molecule has 36 heavy (non-hydrogen) atoms. The minimum atomic E-state index is -4.39. The Hall–Kier alpha value is -2.94. The average molecular weight is 524 g/mol. The van der Waals surface area contributed by atoms with Gasteiger partial charge in [-0.1, -0.05) is 24.1 Å². The third-order valence-electron chi connectivity index (χ3n) is 7.16. The van der Waals surface area contributed by atoms with Crippen molar-refractivity contribution in [1.29, 1.82) is 0 Å². The first-order valence-electron chi connectivity index (χ1n) is 12.1. The van der Waals surface area contributed by atoms with Gasteiger partial charge in [0.25, 0.3) is 0 Å². The summed E-state index contributed by atoms with van der Waals surface area (Å²) >= 11 is 6.03. The van der Waals surface area contributed by atoms with Crippen molar-refractivity contribution in [2.75, 3.05) is 29.9 Å². The van der Waals surface area contributed by atoms with Crippen LogP contribution in [0.2, 0.25) is 5.02 Å². The third-order valence-corrected chi connectivity index (χ3v) is 7.39. The van der Waals surface area contributed by atoms with E-state index in [1.807, 2.05) is 4.90 Å². The molecule has 2 aliphatic rings. The van der Waals surface area contributed by atoms with Crippen molar-refractivity contribution in [3.8, 4) is 0 Å². The molecule has 0 unspecified atom stereocenters. The predicted octanol–water partition coefficient (Wildman–Crippen LogP) is 5.67. The number of nitrogens with one attached hydrogen (secondary N) is 2. The van der Waals surface area contributed by atoms with Gasteiger partial charge in [0.2, 0.25) is 5.91 Å². The number of carboxylic acids is 1. The Morgan fingerprint density at radius 1 is 1.06 bits per heavy atom. The van der Waals surface area contributed by atoms with E-state index in [1.54, 1.807) is 12.1 Å². The van der Waals surface area contributed by atoms with Crippen LogP contribution in [0.3, 0.4) is 0 Å². The van der Waals surface area contributed by atoms with Crippen molar-refractivity contribution in [3.63, 3.8) is 0 Å². The third kappa shape index (κ3) is 6.24. The largest absolute Gasteiger partial charge is 0.478 e. The number of hydrogen-bond acceptors (Lipinski definition) is 4. The smallest absolute Gasteiger partial charge is 0.416 e. The molecule has 1 amide bonds. The highest BCUT2D eigenvalue weighted by Crippen LogP contribution is 2.33. The molecule has 4 rings (SSSR count). The van der Waals surface area contributed by atoms with E-state index < -0.39 is 17.7 Å². The highest BCUT2D eigenvalue weighted by molar-refractivity contribution is 6.31. The molecule has 2 fully saturated rings. The van der Waals surface area contributed by atoms with Gasteiger partial charge in [0.15, 0.2) is 0 Å². The SMILES string of the molecule is O=C(O)c1ccc(Cl)cc1NC[C@@H]1CCC[C@@H]1NC(=O)C1CCN(c2cccc(C(F)(F)F)c2)CC1. The number of carboxylic acid groups (broad SMARTS) is 1. The minimum Gasteiger partial charge on any atom is -0.478 e. The topological polar surface area (TPSA) is 81.7 Å². The second kappa shape index (κ2) is 11.0. The highest BCUT2D eigenvalue weighted by Gasteiger charge is 2.33. The molecular weight excluding hydrogens is 495 g/mol. The molecular formula is C26H29ClF3N3O3. The van der Waals surface area contributed by atoms with Crippen molar-refractivity contribution < 1.29 is 27.9 Å². The summed E-state index contributed by atoms with van der Waals surface area (Å²) in [6.07, 6.45) is -0.517. The maximum absolute atomic E-state index is 13.0. The molecule has 2 aromatic carbocycles. The van der Waals surface area contributed by atoms with Crippen LogP contribution in [0, 0.1) is 11.8 Å². The van der Waals surface area contributed by atoms with Gasteiger partial charge in [0.1, 0.15) is 0 Å². The van der Waals surface area contributed by atoms with Crippen LogP contribution in [0.1, 0.15) is 48.0 Å². The number of benzene rings is 2. The van der Waals surface area contributed by atoms with Gasteiger partial charge in [-0.2, -0.15) is 13.2 Å². The van der Waals surface area contributed by atoms with Crippen LogP contribution in [0.15, 0.2) is 42.5 Å². The molecule has 10 heteroatoms. The van der Waals surface area contributed by atoms with Crippen molar-refractivity contribution in [3.05, 3.63) is 58.6 Å². The number of alkyl halides is 3. The summed E-state index contributed by atoms with van der Waals surface area (Å²) in [5, 5.41) is 16.2. The Morgan fingerprint density at radius 2 is 1.81 bits per heavy atom. The summed E-state index contributed by atoms with van der Waals surface area (Å²) in [7, 11) is 0. The maximum atomic E-state index is 13.0. The lowest BCUT2D eigenvalue weighted by Gasteiger charge is -2.34. The van der Waals surface area contributed by atoms with Gasteiger partial charge >= 0.3 is 12.1 Å². The van der Waals surface area contributed by atoms with Gasteiger partial charge in [-0.3, -0.25) is 4.79 Å². The Balaban J connectivity index is 1.30. The molecule has 1 heterocycles. The molecule has 6 nitrogen and oxygen atoms in total. The number of amides is 1. The van der Waals surface area contributed by atoms with Gasteiger partial charge in [-0.05, 0) is 68.0 Å². The number of halogens is 4. The summed E-state index contributed by atoms with van der Waals surface area (Å²) in [5.74, 6) is -1.10. The molecule has 2 aromatic rings. The summed E-state index contributed by atoms with van der Waals surface area (Å²) in [5.41, 5.74) is 0.445. The molecule has 3 N–H and O–H groups in total. The average Bonchev–Trinajstić information content (AvgIpc) is 3.29. The zero-order valence-corrected chi connectivity index (χ0v) is 20.4. The van der Waals surface area contributed by atoms with Gasteiger partial charge in [-0.25, -0.2) is 4.79 Å². The van der Waals surface area contributed by atoms with Crippen molar-refractivity contribution >= 4 is 34.9 Å². The number of anilines is 2. The van der Waals surface area contributed by atoms with E-state index in [9.17, 15) is 27.9 Å². The van der Waals surface area contributed by atoms with E-state index in [-0.39, 0.29) is 29.3 Å². The number of rotatable bonds is 7. The fraction of sp³-hybridized carbons (Fsp3) is 0.462. The Morgan fingerprint density at radius 3 is 2.50 bits per heavy atom. The standard InChI is InChI=1S/C26H29ClF3N3O3/c27-19-7-8-21(25(35)36)23(14-19)31-15-17-3-1-6-22(17)32-24(34)16-9-11-33(12-10-16)20-5-2-4-18(13-20)26(28,29)30/h2,4-5,7-8,13-14,16-17,22,31H,1,3,6,9-12,15H2,(H,32,34)(H,35,36)/t17-,22-/m0/s1. The molecule has 2 atom stereocenters. The number of hydrogen-bond donors (Lipinski definition) is 3. The van der Waals surface area contributed by atoms with Gasteiger partial charge < -0.3 is 20.6 Å². The molecule has 1 aliphatic carbocycles. The van der Waals surface area contributed by atoms with Crippen LogP contribution >= 0.6 is 11.6 Å². The first-order valence-corrected chi connectivity index (χ1v) is 12.5. The van der Waals surface area contributed by atoms with Gasteiger partial charge in [0.05, 0.1) is 16.8 Å². The van der Waals surface area contributed by atoms with Crippen molar-refractivity contribution in [1.82, 2.24) is 5.32 Å². The lowest BCUT2D eigenvalue weighted by atomic mass is 9.94. The maximum Gasteiger partial charge on any atom is 0.416 e. The second-order valence-electron chi connectivity index (χ2n) is 9.49. The molecule has 1 saturated carbocycles. The van der Waals surface area contributed by atoms with Gasteiger partial charge in [-0.15, -0.1) is 0 Å². The van der Waals surface area contributed by atoms with Crippen LogP contribution in [-0.4, -0.2) is 42.7 Å². The van der Waals surface area contributed by atoms with Crippen LogP contribution in [0.25, 0.3) is 0 Å². The molecule has 0 bridgehead atoms. The zero-order chi connectivity index (χ0) is 25.9. The first-order chi connectivity index (χ1) is 17.1. The molecule has 1 saturated heterocycles.